The molecule has 3 aromatic heterocycles. The number of hydrogen-bond acceptors (Lipinski definition) is 7. The van der Waals surface area contributed by atoms with Crippen LogP contribution >= 0.6 is 0 Å². The van der Waals surface area contributed by atoms with E-state index in [1.165, 1.54) is 0 Å². The summed E-state index contributed by atoms with van der Waals surface area (Å²) in [7, 11) is 0. The molecule has 0 fully saturated rings. The molecule has 2 aliphatic heterocycles. The molecular formula is C32H18CoCuN8OTi. The van der Waals surface area contributed by atoms with Crippen LogP contribution in [0.5, 0.6) is 0 Å². The zero-order valence-electron chi connectivity index (χ0n) is 22.4. The number of rotatable bonds is 0. The van der Waals surface area contributed by atoms with E-state index in [9.17, 15) is 0 Å². The average molecular weight is 701 g/mol. The molecular weight excluding hydrogens is 683 g/mol. The first kappa shape index (κ1) is 28.7. The van der Waals surface area contributed by atoms with Crippen molar-refractivity contribution in [2.75, 3.05) is 0 Å². The van der Waals surface area contributed by atoms with Crippen LogP contribution in [0.2, 0.25) is 0 Å². The summed E-state index contributed by atoms with van der Waals surface area (Å²) in [5.41, 5.74) is 6.25. The van der Waals surface area contributed by atoms with Crippen molar-refractivity contribution < 1.29 is 57.3 Å². The van der Waals surface area contributed by atoms with Crippen LogP contribution in [0.3, 0.4) is 0 Å². The number of hydrogen-bond donors (Lipinski definition) is 3. The molecule has 7 aromatic rings. The number of fused-ring (bicyclic) bond motifs is 20. The fraction of sp³-hybridized carbons (Fsp3) is 0. The SMILES string of the molecule is [Co][c]1cccc2c3nc4nc(nc5[nH]c(nc6nc(nc([nH]3)c12)-c1ccccc1-6)c1ccccc51)-c1ccccc1-4.[Cu].[OH][Ti]. The monoisotopic (exact) mass is 700 g/mol. The van der Waals surface area contributed by atoms with E-state index in [2.05, 4.69) is 9.97 Å². The third-order valence-electron chi connectivity index (χ3n) is 7.51. The van der Waals surface area contributed by atoms with E-state index in [1.807, 2.05) is 91.0 Å². The summed E-state index contributed by atoms with van der Waals surface area (Å²) in [6, 6.07) is 30.0. The zero-order valence-corrected chi connectivity index (χ0v) is 26.0. The molecule has 0 aliphatic carbocycles. The van der Waals surface area contributed by atoms with Gasteiger partial charge in [0, 0.05) is 17.1 Å². The number of aromatic nitrogens is 8. The van der Waals surface area contributed by atoms with Gasteiger partial charge in [0.05, 0.1) is 0 Å². The first-order valence-corrected chi connectivity index (χ1v) is 14.5. The molecule has 0 saturated heterocycles. The molecule has 5 heterocycles. The second kappa shape index (κ2) is 11.5. The molecule has 9 rings (SSSR count). The summed E-state index contributed by atoms with van der Waals surface area (Å²) in [5.74, 6) is 2.30. The van der Waals surface area contributed by atoms with Gasteiger partial charge in [0.2, 0.25) is 0 Å². The first-order chi connectivity index (χ1) is 21.2. The van der Waals surface area contributed by atoms with Gasteiger partial charge in [-0.1, -0.05) is 6.07 Å². The van der Waals surface area contributed by atoms with Crippen molar-refractivity contribution >= 4 is 48.6 Å². The van der Waals surface area contributed by atoms with Crippen LogP contribution in [0.1, 0.15) is 0 Å². The molecule has 0 spiro atoms. The van der Waals surface area contributed by atoms with E-state index in [0.717, 1.165) is 69.1 Å². The van der Waals surface area contributed by atoms with Gasteiger partial charge in [-0.05, 0) is 0 Å². The van der Waals surface area contributed by atoms with Crippen LogP contribution in [0, 0.1) is 0 Å². The Morgan fingerprint density at radius 1 is 0.455 bits per heavy atom. The van der Waals surface area contributed by atoms with Gasteiger partial charge in [0.15, 0.2) is 0 Å². The topological polar surface area (TPSA) is 129 Å². The number of H-pyrrole nitrogens is 2. The van der Waals surface area contributed by atoms with Gasteiger partial charge >= 0.3 is 259 Å². The van der Waals surface area contributed by atoms with E-state index < -0.39 is 0 Å². The molecule has 1 radical (unpaired) electrons. The second-order valence-electron chi connectivity index (χ2n) is 9.88. The van der Waals surface area contributed by atoms with Crippen molar-refractivity contribution in [1.29, 1.82) is 0 Å². The predicted octanol–water partition coefficient (Wildman–Crippen LogP) is 5.48. The Bertz CT molecular complexity index is 2420. The van der Waals surface area contributed by atoms with Crippen molar-refractivity contribution in [3.8, 4) is 45.6 Å². The van der Waals surface area contributed by atoms with Crippen LogP contribution in [0.25, 0.3) is 89.7 Å². The van der Waals surface area contributed by atoms with Crippen molar-refractivity contribution in [2.45, 2.75) is 0 Å². The van der Waals surface area contributed by atoms with Crippen molar-refractivity contribution in [2.24, 2.45) is 0 Å². The van der Waals surface area contributed by atoms with E-state index in [4.69, 9.17) is 49.3 Å². The van der Waals surface area contributed by atoms with Gasteiger partial charge in [-0.25, -0.2) is 0 Å². The average Bonchev–Trinajstić information content (AvgIpc) is 3.78. The predicted molar refractivity (Wildman–Crippen MR) is 158 cm³/mol. The van der Waals surface area contributed by atoms with Crippen LogP contribution in [-0.2, 0) is 53.6 Å². The summed E-state index contributed by atoms with van der Waals surface area (Å²) >= 11 is 5.84. The van der Waals surface area contributed by atoms with Crippen LogP contribution in [0.4, 0.5) is 0 Å². The molecule has 9 nitrogen and oxygen atoms in total. The van der Waals surface area contributed by atoms with E-state index in [1.54, 1.807) is 0 Å². The Labute approximate surface area is 280 Å². The molecule has 4 aromatic carbocycles. The Hall–Kier alpha value is -4.06. The third kappa shape index (κ3) is 4.53. The van der Waals surface area contributed by atoms with E-state index in [-0.39, 0.29) is 17.1 Å². The van der Waals surface area contributed by atoms with Gasteiger partial charge in [-0.2, -0.15) is 0 Å². The maximum absolute atomic E-state index is 7.00. The van der Waals surface area contributed by atoms with Gasteiger partial charge in [-0.15, -0.1) is 0 Å². The molecule has 12 heteroatoms. The molecule has 0 saturated carbocycles. The molecule has 0 unspecified atom stereocenters. The van der Waals surface area contributed by atoms with Crippen LogP contribution in [0.15, 0.2) is 91.0 Å². The fourth-order valence-electron chi connectivity index (χ4n) is 5.63. The molecule has 0 amide bonds. The maximum atomic E-state index is 7.00. The minimum atomic E-state index is 0. The molecule has 216 valence electrons. The molecule has 0 atom stereocenters. The Morgan fingerprint density at radius 3 is 1.30 bits per heavy atom. The standard InChI is InChI=1S/C32H17N8.Co.Cu.H2O.Ti/c1-2-10-18-17(9-1)25-33-26(18)38-28-21-13-5-6-14-22(21)30(35-28)40-32-24-16-8-7-15-23(24)31(36-32)39-29-20-12-4-3-11-19(20)27(34-29)37-25;;;;/h1-15H,(H2,33,34,35,36,37,38,39,40);;;1H2;/q;;;;+1/p-1. The van der Waals surface area contributed by atoms with E-state index in [0.29, 0.717) is 45.9 Å². The van der Waals surface area contributed by atoms with Crippen LogP contribution in [-0.4, -0.2) is 43.6 Å². The molecule has 8 bridgehead atoms. The number of nitrogens with one attached hydrogen (secondary N) is 2. The zero-order chi connectivity index (χ0) is 29.1. The van der Waals surface area contributed by atoms with Crippen LogP contribution < -0.4 is 4.50 Å². The van der Waals surface area contributed by atoms with Gasteiger partial charge in [0.25, 0.3) is 0 Å². The van der Waals surface area contributed by atoms with Crippen molar-refractivity contribution in [3.05, 3.63) is 91.0 Å². The normalized spacial score (nSPS) is 11.3. The first-order valence-electron chi connectivity index (χ1n) is 13.3. The fourth-order valence-corrected chi connectivity index (χ4v) is 6.00. The Kier molecular flexibility index (Phi) is 7.47. The quantitative estimate of drug-likeness (QED) is 0.179. The van der Waals surface area contributed by atoms with E-state index >= 15 is 0 Å². The summed E-state index contributed by atoms with van der Waals surface area (Å²) in [5, 5.41) is 3.65. The number of nitrogens with zero attached hydrogens (tertiary/aromatic N) is 6. The van der Waals surface area contributed by atoms with Crippen molar-refractivity contribution in [1.82, 2.24) is 39.9 Å². The van der Waals surface area contributed by atoms with Gasteiger partial charge in [0.1, 0.15) is 0 Å². The summed E-state index contributed by atoms with van der Waals surface area (Å²) < 4.78 is 7.78. The van der Waals surface area contributed by atoms with Gasteiger partial charge < -0.3 is 0 Å². The Balaban J connectivity index is 0.00000102. The number of benzene rings is 4. The Morgan fingerprint density at radius 2 is 0.818 bits per heavy atom. The second-order valence-corrected chi connectivity index (χ2v) is 10.4. The summed E-state index contributed by atoms with van der Waals surface area (Å²) in [6.07, 6.45) is 0. The number of aromatic amines is 2. The summed E-state index contributed by atoms with van der Waals surface area (Å²) in [4.78, 5) is 36.8. The van der Waals surface area contributed by atoms with Gasteiger partial charge in [-0.3, -0.25) is 0 Å². The molecule has 44 heavy (non-hydrogen) atoms. The third-order valence-corrected chi connectivity index (χ3v) is 7.94. The molecule has 3 N–H and O–H groups in total. The minimum absolute atomic E-state index is 0. The van der Waals surface area contributed by atoms with Crippen molar-refractivity contribution in [3.63, 3.8) is 0 Å². The molecule has 2 aliphatic rings. The summed E-state index contributed by atoms with van der Waals surface area (Å²) in [6.45, 7) is 0.